The van der Waals surface area contributed by atoms with E-state index in [1.807, 2.05) is 46.0 Å². The van der Waals surface area contributed by atoms with Gasteiger partial charge in [-0.3, -0.25) is 9.59 Å². The van der Waals surface area contributed by atoms with Crippen molar-refractivity contribution in [1.82, 2.24) is 14.9 Å². The number of methoxy groups -OCH3 is 1. The van der Waals surface area contributed by atoms with E-state index in [2.05, 4.69) is 32.1 Å². The van der Waals surface area contributed by atoms with Gasteiger partial charge in [0.25, 0.3) is 0 Å². The Hall–Kier alpha value is -4.64. The number of ketones is 1. The van der Waals surface area contributed by atoms with Crippen molar-refractivity contribution in [3.05, 3.63) is 66.5 Å². The summed E-state index contributed by atoms with van der Waals surface area (Å²) in [6.45, 7) is 9.69. The number of amides is 1. The lowest BCUT2D eigenvalue weighted by atomic mass is 10.1. The molecule has 0 aliphatic carbocycles. The molecule has 2 N–H and O–H groups in total. The maximum atomic E-state index is 13.4. The average Bonchev–Trinajstić information content (AvgIpc) is 2.96. The fraction of sp³-hybridized carbons (Fsp3) is 0.333. The van der Waals surface area contributed by atoms with Gasteiger partial charge >= 0.3 is 0 Å². The van der Waals surface area contributed by atoms with E-state index in [1.54, 1.807) is 31.4 Å². The highest BCUT2D eigenvalue weighted by atomic mass is 16.5. The van der Waals surface area contributed by atoms with Crippen LogP contribution in [0.25, 0.3) is 0 Å². The zero-order valence-corrected chi connectivity index (χ0v) is 24.5. The highest BCUT2D eigenvalue weighted by Crippen LogP contribution is 2.38. The molecule has 0 saturated heterocycles. The molecule has 3 aromatic rings. The molecule has 0 aliphatic rings. The lowest BCUT2D eigenvalue weighted by molar-refractivity contribution is -0.111. The van der Waals surface area contributed by atoms with E-state index in [-0.39, 0.29) is 23.3 Å². The lowest BCUT2D eigenvalue weighted by Gasteiger charge is -2.26. The fourth-order valence-corrected chi connectivity index (χ4v) is 3.93. The van der Waals surface area contributed by atoms with E-state index < -0.39 is 0 Å². The zero-order chi connectivity index (χ0) is 29.9. The molecule has 0 bridgehead atoms. The van der Waals surface area contributed by atoms with Gasteiger partial charge in [0.15, 0.2) is 0 Å². The smallest absolute Gasteiger partial charge is 0.247 e. The van der Waals surface area contributed by atoms with Crippen LogP contribution in [0.5, 0.6) is 17.2 Å². The van der Waals surface area contributed by atoms with Gasteiger partial charge in [-0.1, -0.05) is 6.58 Å². The number of nitrogens with one attached hydrogen (secondary N) is 2. The van der Waals surface area contributed by atoms with Crippen molar-refractivity contribution in [2.45, 2.75) is 13.8 Å². The number of hydrogen-bond acceptors (Lipinski definition) is 10. The summed E-state index contributed by atoms with van der Waals surface area (Å²) < 4.78 is 16.9. The number of aromatic nitrogens is 2. The number of anilines is 4. The third kappa shape index (κ3) is 8.18. The first kappa shape index (κ1) is 30.9. The molecule has 2 aromatic carbocycles. The van der Waals surface area contributed by atoms with Gasteiger partial charge in [-0.05, 0) is 58.3 Å². The van der Waals surface area contributed by atoms with Crippen molar-refractivity contribution >= 4 is 34.7 Å². The minimum atomic E-state index is -0.354. The molecule has 0 spiro atoms. The minimum Gasteiger partial charge on any atom is -0.494 e. The molecule has 1 aromatic heterocycles. The predicted molar refractivity (Wildman–Crippen MR) is 161 cm³/mol. The Morgan fingerprint density at radius 1 is 0.976 bits per heavy atom. The summed E-state index contributed by atoms with van der Waals surface area (Å²) in [7, 11) is 7.47. The van der Waals surface area contributed by atoms with Gasteiger partial charge < -0.3 is 34.6 Å². The number of nitrogens with zero attached hydrogens (tertiary/aromatic N) is 4. The van der Waals surface area contributed by atoms with Crippen molar-refractivity contribution in [3.63, 3.8) is 0 Å². The Labute approximate surface area is 241 Å². The van der Waals surface area contributed by atoms with Gasteiger partial charge in [-0.2, -0.15) is 0 Å². The second kappa shape index (κ2) is 14.7. The minimum absolute atomic E-state index is 0.173. The van der Waals surface area contributed by atoms with E-state index in [0.717, 1.165) is 12.2 Å². The fourth-order valence-electron chi connectivity index (χ4n) is 3.93. The SMILES string of the molecule is C=CC(=O)Nc1cc(Nc2nccc(C(=O)c3ccc(OCC)cc3OCC)n2)c(OC)cc1N(C)CCN(C)C. The van der Waals surface area contributed by atoms with Crippen molar-refractivity contribution in [2.75, 3.05) is 70.1 Å². The van der Waals surface area contributed by atoms with E-state index in [4.69, 9.17) is 14.2 Å². The summed E-state index contributed by atoms with van der Waals surface area (Å²) in [6.07, 6.45) is 2.70. The van der Waals surface area contributed by atoms with Crippen LogP contribution in [-0.2, 0) is 4.79 Å². The van der Waals surface area contributed by atoms with Crippen molar-refractivity contribution < 1.29 is 23.8 Å². The summed E-state index contributed by atoms with van der Waals surface area (Å²) in [6, 6.07) is 10.2. The van der Waals surface area contributed by atoms with Crippen LogP contribution in [0.3, 0.4) is 0 Å². The van der Waals surface area contributed by atoms with Gasteiger partial charge in [0, 0.05) is 38.5 Å². The van der Waals surface area contributed by atoms with Gasteiger partial charge in [0.1, 0.15) is 22.9 Å². The summed E-state index contributed by atoms with van der Waals surface area (Å²) >= 11 is 0. The molecule has 0 atom stereocenters. The summed E-state index contributed by atoms with van der Waals surface area (Å²) in [4.78, 5) is 38.5. The molecule has 11 nitrogen and oxygen atoms in total. The van der Waals surface area contributed by atoms with Crippen LogP contribution in [0.2, 0.25) is 0 Å². The molecule has 1 heterocycles. The summed E-state index contributed by atoms with van der Waals surface area (Å²) in [5.74, 6) is 1.01. The van der Waals surface area contributed by atoms with Crippen LogP contribution in [0.1, 0.15) is 29.9 Å². The molecule has 11 heteroatoms. The first-order chi connectivity index (χ1) is 19.7. The molecule has 3 rings (SSSR count). The molecule has 0 unspecified atom stereocenters. The van der Waals surface area contributed by atoms with Crippen LogP contribution >= 0.6 is 0 Å². The number of carbonyl (C=O) groups is 2. The predicted octanol–water partition coefficient (Wildman–Crippen LogP) is 4.38. The second-order valence-electron chi connectivity index (χ2n) is 9.23. The molecule has 0 radical (unpaired) electrons. The van der Waals surface area contributed by atoms with Crippen molar-refractivity contribution in [3.8, 4) is 17.2 Å². The van der Waals surface area contributed by atoms with Crippen molar-refractivity contribution in [1.29, 1.82) is 0 Å². The number of likely N-dealkylation sites (N-methyl/N-ethyl adjacent to an activating group) is 2. The highest BCUT2D eigenvalue weighted by Gasteiger charge is 2.20. The molecule has 41 heavy (non-hydrogen) atoms. The third-order valence-corrected chi connectivity index (χ3v) is 6.00. The summed E-state index contributed by atoms with van der Waals surface area (Å²) in [5, 5.41) is 5.99. The van der Waals surface area contributed by atoms with Gasteiger partial charge in [-0.15, -0.1) is 0 Å². The Morgan fingerprint density at radius 3 is 2.39 bits per heavy atom. The number of carbonyl (C=O) groups excluding carboxylic acids is 2. The molecule has 218 valence electrons. The quantitative estimate of drug-likeness (QED) is 0.204. The van der Waals surface area contributed by atoms with Crippen LogP contribution in [0.4, 0.5) is 23.0 Å². The van der Waals surface area contributed by atoms with Gasteiger partial charge in [0.05, 0.1) is 42.9 Å². The highest BCUT2D eigenvalue weighted by molar-refractivity contribution is 6.09. The van der Waals surface area contributed by atoms with Crippen molar-refractivity contribution in [2.24, 2.45) is 0 Å². The summed E-state index contributed by atoms with van der Waals surface area (Å²) in [5.41, 5.74) is 2.33. The molecule has 0 saturated carbocycles. The normalized spacial score (nSPS) is 10.6. The molecule has 0 aliphatic heterocycles. The number of rotatable bonds is 15. The third-order valence-electron chi connectivity index (χ3n) is 6.00. The van der Waals surface area contributed by atoms with E-state index >= 15 is 0 Å². The Morgan fingerprint density at radius 2 is 1.73 bits per heavy atom. The van der Waals surface area contributed by atoms with Gasteiger partial charge in [-0.25, -0.2) is 9.97 Å². The number of hydrogen-bond donors (Lipinski definition) is 2. The monoisotopic (exact) mass is 562 g/mol. The average molecular weight is 563 g/mol. The first-order valence-electron chi connectivity index (χ1n) is 13.3. The Bertz CT molecular complexity index is 1380. The van der Waals surface area contributed by atoms with Crippen LogP contribution < -0.4 is 29.7 Å². The van der Waals surface area contributed by atoms with Crippen LogP contribution in [0, 0.1) is 0 Å². The largest absolute Gasteiger partial charge is 0.494 e. The first-order valence-corrected chi connectivity index (χ1v) is 13.3. The van der Waals surface area contributed by atoms with E-state index in [0.29, 0.717) is 53.9 Å². The topological polar surface area (TPSA) is 118 Å². The Kier molecular flexibility index (Phi) is 11.0. The van der Waals surface area contributed by atoms with Gasteiger partial charge in [0.2, 0.25) is 17.6 Å². The maximum absolute atomic E-state index is 13.4. The van der Waals surface area contributed by atoms with E-state index in [1.165, 1.54) is 18.3 Å². The van der Waals surface area contributed by atoms with E-state index in [9.17, 15) is 9.59 Å². The van der Waals surface area contributed by atoms with Crippen LogP contribution in [0.15, 0.2) is 55.3 Å². The second-order valence-corrected chi connectivity index (χ2v) is 9.23. The van der Waals surface area contributed by atoms with Crippen LogP contribution in [-0.4, -0.2) is 81.1 Å². The molecular weight excluding hydrogens is 524 g/mol. The lowest BCUT2D eigenvalue weighted by Crippen LogP contribution is -2.29. The zero-order valence-electron chi connectivity index (χ0n) is 24.5. The molecule has 0 fully saturated rings. The number of benzene rings is 2. The molecule has 1 amide bonds. The maximum Gasteiger partial charge on any atom is 0.247 e. The molecular formula is C30H38N6O5. The standard InChI is InChI=1S/C30H38N6O5/c1-8-28(37)32-23-18-24(27(39-7)19-25(23)36(6)16-15-35(4)5)34-30-31-14-13-22(33-30)29(38)21-12-11-20(40-9-2)17-26(21)41-10-3/h8,11-14,17-19H,1,9-10,15-16H2,2-7H3,(H,32,37)(H,31,33,34). The Balaban J connectivity index is 1.96. The number of ether oxygens (including phenoxy) is 3.